The summed E-state index contributed by atoms with van der Waals surface area (Å²) in [6, 6.07) is 5.03. The molecule has 0 aliphatic carbocycles. The standard InChI is InChI=1S/C19H31P.CHF3O3S/c1-17(2,3)13-10-14(18(4,5)6)16-15(11-13)19(7,8)12-20(16)9;2-1(3,4)8(5,6)7/h10-11H,12H2,1-9H3;(H,5,6,7). The number of hydrogen-bond donors (Lipinski definition) is 0. The van der Waals surface area contributed by atoms with Gasteiger partial charge in [0.15, 0.2) is 10.1 Å². The maximum atomic E-state index is 10.7. The highest BCUT2D eigenvalue weighted by Crippen LogP contribution is 2.51. The van der Waals surface area contributed by atoms with Gasteiger partial charge in [-0.05, 0) is 16.4 Å². The Labute approximate surface area is 168 Å². The Morgan fingerprint density at radius 1 is 1.00 bits per heavy atom. The number of hydrogen-bond acceptors (Lipinski definition) is 3. The van der Waals surface area contributed by atoms with E-state index in [1.165, 1.54) is 11.7 Å². The summed E-state index contributed by atoms with van der Waals surface area (Å²) in [6.45, 7) is 21.5. The molecule has 1 aliphatic heterocycles. The number of benzene rings is 1. The third-order valence-electron chi connectivity index (χ3n) is 4.96. The summed E-state index contributed by atoms with van der Waals surface area (Å²) in [5, 5.41) is 1.74. The molecule has 0 N–H and O–H groups in total. The van der Waals surface area contributed by atoms with Crippen molar-refractivity contribution >= 4 is 23.3 Å². The Balaban J connectivity index is 0.000000416. The fourth-order valence-corrected chi connectivity index (χ4v) is 6.98. The second-order valence-corrected chi connectivity index (χ2v) is 14.0. The predicted molar refractivity (Wildman–Crippen MR) is 111 cm³/mol. The first-order chi connectivity index (χ1) is 12.1. The largest absolute Gasteiger partial charge is 0.741 e. The van der Waals surface area contributed by atoms with Gasteiger partial charge in [-0.2, -0.15) is 13.2 Å². The van der Waals surface area contributed by atoms with Gasteiger partial charge in [0.2, 0.25) is 0 Å². The molecule has 28 heavy (non-hydrogen) atoms. The van der Waals surface area contributed by atoms with Crippen LogP contribution in [0.15, 0.2) is 12.1 Å². The van der Waals surface area contributed by atoms with E-state index in [0.29, 0.717) is 5.41 Å². The number of rotatable bonds is 0. The predicted octanol–water partition coefficient (Wildman–Crippen LogP) is 5.09. The highest BCUT2D eigenvalue weighted by molar-refractivity contribution is 7.86. The van der Waals surface area contributed by atoms with Crippen LogP contribution in [0.2, 0.25) is 0 Å². The molecule has 3 nitrogen and oxygen atoms in total. The van der Waals surface area contributed by atoms with Crippen molar-refractivity contribution in [3.05, 3.63) is 28.8 Å². The summed E-state index contributed by atoms with van der Waals surface area (Å²) in [4.78, 5) is 0. The number of alkyl halides is 3. The van der Waals surface area contributed by atoms with Crippen molar-refractivity contribution in [2.45, 2.75) is 77.1 Å². The molecule has 0 radical (unpaired) electrons. The Morgan fingerprint density at radius 2 is 1.43 bits per heavy atom. The second-order valence-electron chi connectivity index (χ2n) is 10.2. The van der Waals surface area contributed by atoms with Crippen LogP contribution >= 0.6 is 7.92 Å². The Bertz CT molecular complexity index is 830. The first-order valence-electron chi connectivity index (χ1n) is 9.13. The Kier molecular flexibility index (Phi) is 6.85. The smallest absolute Gasteiger partial charge is 0.485 e. The lowest BCUT2D eigenvalue weighted by molar-refractivity contribution is -0.0517. The fraction of sp³-hybridized carbons (Fsp3) is 0.700. The van der Waals surface area contributed by atoms with Crippen LogP contribution in [0.1, 0.15) is 72.1 Å². The molecule has 1 aromatic carbocycles. The van der Waals surface area contributed by atoms with Gasteiger partial charge in [0.25, 0.3) is 0 Å². The topological polar surface area (TPSA) is 57.2 Å². The van der Waals surface area contributed by atoms with E-state index < -0.39 is 23.5 Å². The highest BCUT2D eigenvalue weighted by Gasteiger charge is 2.44. The van der Waals surface area contributed by atoms with E-state index in [2.05, 4.69) is 74.2 Å². The molecule has 1 atom stereocenters. The molecule has 0 aromatic heterocycles. The van der Waals surface area contributed by atoms with Crippen LogP contribution in [0, 0.1) is 0 Å². The van der Waals surface area contributed by atoms with Gasteiger partial charge in [-0.15, -0.1) is 0 Å². The summed E-state index contributed by atoms with van der Waals surface area (Å²) in [5.74, 6) is 0. The van der Waals surface area contributed by atoms with E-state index in [0.717, 1.165) is 0 Å². The van der Waals surface area contributed by atoms with E-state index in [4.69, 9.17) is 13.0 Å². The molecule has 1 aromatic rings. The molecular weight excluding hydrogens is 408 g/mol. The molecule has 2 rings (SSSR count). The van der Waals surface area contributed by atoms with Gasteiger partial charge in [-0.25, -0.2) is 8.42 Å². The van der Waals surface area contributed by atoms with Gasteiger partial charge in [-0.3, -0.25) is 0 Å². The van der Waals surface area contributed by atoms with Gasteiger partial charge in [0.1, 0.15) is 0 Å². The van der Waals surface area contributed by atoms with Crippen LogP contribution in [-0.2, 0) is 26.4 Å². The van der Waals surface area contributed by atoms with Crippen LogP contribution in [0.5, 0.6) is 0 Å². The molecule has 8 heteroatoms. The molecule has 0 bridgehead atoms. The van der Waals surface area contributed by atoms with Crippen molar-refractivity contribution in [2.24, 2.45) is 0 Å². The summed E-state index contributed by atoms with van der Waals surface area (Å²) >= 11 is 0. The minimum atomic E-state index is -6.09. The lowest BCUT2D eigenvalue weighted by Crippen LogP contribution is -2.27. The summed E-state index contributed by atoms with van der Waals surface area (Å²) < 4.78 is 58.9. The first-order valence-corrected chi connectivity index (χ1v) is 12.7. The Hall–Kier alpha value is -0.650. The summed E-state index contributed by atoms with van der Waals surface area (Å²) in [7, 11) is -6.48. The van der Waals surface area contributed by atoms with Gasteiger partial charge in [-0.1, -0.05) is 67.5 Å². The van der Waals surface area contributed by atoms with Crippen LogP contribution in [0.25, 0.3) is 0 Å². The van der Waals surface area contributed by atoms with Gasteiger partial charge in [0, 0.05) is 24.5 Å². The van der Waals surface area contributed by atoms with Crippen molar-refractivity contribution in [2.75, 3.05) is 12.8 Å². The average molecular weight is 441 g/mol. The third-order valence-corrected chi connectivity index (χ3v) is 8.33. The van der Waals surface area contributed by atoms with Crippen LogP contribution in [-0.4, -0.2) is 31.3 Å². The molecule has 0 saturated carbocycles. The molecule has 1 aliphatic rings. The summed E-state index contributed by atoms with van der Waals surface area (Å²) in [5.41, 5.74) is -0.0438. The second kappa shape index (κ2) is 7.55. The Morgan fingerprint density at radius 3 is 1.75 bits per heavy atom. The minimum Gasteiger partial charge on any atom is -0.741 e. The molecule has 1 unspecified atom stereocenters. The maximum Gasteiger partial charge on any atom is 0.485 e. The van der Waals surface area contributed by atoms with E-state index in [1.54, 1.807) is 16.4 Å². The van der Waals surface area contributed by atoms with Gasteiger partial charge < -0.3 is 4.55 Å². The van der Waals surface area contributed by atoms with Crippen molar-refractivity contribution in [3.63, 3.8) is 0 Å². The van der Waals surface area contributed by atoms with Crippen molar-refractivity contribution < 1.29 is 26.1 Å². The third kappa shape index (κ3) is 5.70. The molecular formula is C20H32F3O3PS. The highest BCUT2D eigenvalue weighted by atomic mass is 32.2. The van der Waals surface area contributed by atoms with E-state index in [-0.39, 0.29) is 10.8 Å². The molecule has 1 heterocycles. The fourth-order valence-electron chi connectivity index (χ4n) is 3.51. The normalized spacial score (nSPS) is 19.7. The van der Waals surface area contributed by atoms with Gasteiger partial charge in [0.05, 0.1) is 18.1 Å². The van der Waals surface area contributed by atoms with Gasteiger partial charge >= 0.3 is 5.51 Å². The summed E-state index contributed by atoms with van der Waals surface area (Å²) in [6.07, 6.45) is 1.38. The SMILES string of the molecule is C[PH+]1CC(C)(C)c2cc(C(C)(C)C)cc(C(C)(C)C)c21.O=S(=O)([O-])C(F)(F)F. The molecule has 0 saturated heterocycles. The first kappa shape index (κ1) is 25.4. The van der Waals surface area contributed by atoms with Crippen molar-refractivity contribution in [1.29, 1.82) is 0 Å². The maximum absolute atomic E-state index is 10.7. The molecule has 162 valence electrons. The van der Waals surface area contributed by atoms with Crippen molar-refractivity contribution in [1.82, 2.24) is 0 Å². The average Bonchev–Trinajstić information content (AvgIpc) is 2.64. The minimum absolute atomic E-state index is 0.231. The van der Waals surface area contributed by atoms with Crippen molar-refractivity contribution in [3.8, 4) is 0 Å². The number of halogens is 3. The van der Waals surface area contributed by atoms with E-state index >= 15 is 0 Å². The van der Waals surface area contributed by atoms with Crippen LogP contribution in [0.3, 0.4) is 0 Å². The zero-order valence-corrected chi connectivity index (χ0v) is 19.9. The van der Waals surface area contributed by atoms with E-state index in [9.17, 15) is 13.2 Å². The zero-order chi connectivity index (χ0) is 22.5. The molecule has 0 spiro atoms. The lowest BCUT2D eigenvalue weighted by Gasteiger charge is -2.28. The number of fused-ring (bicyclic) bond motifs is 1. The van der Waals surface area contributed by atoms with Crippen LogP contribution in [0.4, 0.5) is 13.2 Å². The molecule has 0 fully saturated rings. The van der Waals surface area contributed by atoms with E-state index in [1.807, 2.05) is 0 Å². The lowest BCUT2D eigenvalue weighted by atomic mass is 9.75. The monoisotopic (exact) mass is 440 g/mol. The molecule has 0 amide bonds. The van der Waals surface area contributed by atoms with Crippen LogP contribution < -0.4 is 5.30 Å². The quantitative estimate of drug-likeness (QED) is 0.321. The zero-order valence-electron chi connectivity index (χ0n) is 18.1.